The fraction of sp³-hybridized carbons (Fsp3) is 0.0417. The second-order valence-electron chi connectivity index (χ2n) is 12.5. The molecular weight excluding hydrogens is 577 g/mol. The molecule has 0 N–H and O–H groups in total. The van der Waals surface area contributed by atoms with Gasteiger partial charge in [-0.3, -0.25) is 0 Å². The van der Waals surface area contributed by atoms with Crippen molar-refractivity contribution in [1.82, 2.24) is 0 Å². The van der Waals surface area contributed by atoms with E-state index in [1.54, 1.807) is 0 Å². The van der Waals surface area contributed by atoms with Gasteiger partial charge in [0.1, 0.15) is 0 Å². The average molecular weight is 613 g/mol. The van der Waals surface area contributed by atoms with Crippen molar-refractivity contribution in [3.63, 3.8) is 0 Å². The Kier molecular flexibility index (Phi) is 9.07. The van der Waals surface area contributed by atoms with Gasteiger partial charge in [-0.2, -0.15) is 0 Å². The molecule has 0 saturated heterocycles. The Labute approximate surface area is 287 Å². The van der Waals surface area contributed by atoms with E-state index in [-0.39, 0.29) is 11.8 Å². The van der Waals surface area contributed by atoms with Crippen LogP contribution >= 0.6 is 0 Å². The Hall–Kier alpha value is -4.68. The molecule has 0 spiro atoms. The van der Waals surface area contributed by atoms with Crippen LogP contribution in [0.3, 0.4) is 0 Å². The third-order valence-electron chi connectivity index (χ3n) is 9.53. The number of rotatable bonds is 9. The molecule has 2 saturated carbocycles. The van der Waals surface area contributed by atoms with Crippen LogP contribution in [0.1, 0.15) is 45.2 Å². The van der Waals surface area contributed by atoms with Crippen molar-refractivity contribution in [3.8, 4) is 0 Å². The minimum Gasteiger partial charge on any atom is -0.0622 e. The van der Waals surface area contributed by atoms with Gasteiger partial charge in [-0.05, 0) is 82.7 Å². The van der Waals surface area contributed by atoms with Gasteiger partial charge in [-0.15, -0.1) is 0 Å². The maximum absolute atomic E-state index is 2.45. The van der Waals surface area contributed by atoms with Crippen LogP contribution in [0.4, 0.5) is 0 Å². The summed E-state index contributed by atoms with van der Waals surface area (Å²) in [6, 6.07) is 65.5. The third kappa shape index (κ3) is 6.29. The monoisotopic (exact) mass is 612 g/mol. The van der Waals surface area contributed by atoms with Crippen molar-refractivity contribution in [2.75, 3.05) is 0 Å². The first-order valence-corrected chi connectivity index (χ1v) is 16.8. The zero-order valence-corrected chi connectivity index (χ0v) is 26.8. The molecule has 0 amide bonds. The van der Waals surface area contributed by atoms with Crippen LogP contribution in [-0.2, 0) is 0 Å². The summed E-state index contributed by atoms with van der Waals surface area (Å²) >= 11 is 0. The second-order valence-corrected chi connectivity index (χ2v) is 12.5. The van der Waals surface area contributed by atoms with Crippen molar-refractivity contribution in [3.05, 3.63) is 277 Å². The summed E-state index contributed by atoms with van der Waals surface area (Å²) in [5.41, 5.74) is 7.54. The standard InChI is InChI=1S/C48H36/c1-7-19-35(20-8-1)43-31-41(32-44(43)36-21-9-2-10-22-36)47(39-27-15-5-16-28-39)48(40-29-17-6-18-30-40)42-33-45(37-23-11-3-12-24-37)46(34-42)38-25-13-4-14-26-38/h1-34,47-48H. The molecule has 8 rings (SSSR count). The van der Waals surface area contributed by atoms with Crippen molar-refractivity contribution >= 4 is 0 Å². The molecule has 6 aromatic carbocycles. The Bertz CT molecular complexity index is 1600. The Morgan fingerprint density at radius 3 is 0.667 bits per heavy atom. The van der Waals surface area contributed by atoms with Gasteiger partial charge in [-0.1, -0.05) is 182 Å². The summed E-state index contributed by atoms with van der Waals surface area (Å²) in [6.45, 7) is 0. The molecule has 0 aliphatic heterocycles. The van der Waals surface area contributed by atoms with E-state index in [4.69, 9.17) is 0 Å². The van der Waals surface area contributed by atoms with Gasteiger partial charge in [0, 0.05) is 23.7 Å². The Balaban J connectivity index is 1.24. The highest BCUT2D eigenvalue weighted by atomic mass is 14.5. The molecule has 48 heavy (non-hydrogen) atoms. The molecule has 10 radical (unpaired) electrons. The van der Waals surface area contributed by atoms with Crippen molar-refractivity contribution in [1.29, 1.82) is 0 Å². The molecule has 0 heteroatoms. The first kappa shape index (κ1) is 30.6. The first-order chi connectivity index (χ1) is 23.8. The molecule has 2 aliphatic carbocycles. The smallest absolute Gasteiger partial charge is 0.0208 e. The summed E-state index contributed by atoms with van der Waals surface area (Å²) in [4.78, 5) is 0. The summed E-state index contributed by atoms with van der Waals surface area (Å²) in [5, 5.41) is 0. The van der Waals surface area contributed by atoms with Gasteiger partial charge in [0.25, 0.3) is 0 Å². The van der Waals surface area contributed by atoms with Crippen LogP contribution in [0, 0.1) is 61.2 Å². The summed E-state index contributed by atoms with van der Waals surface area (Å²) in [5.74, 6) is 7.84. The minimum absolute atomic E-state index is 0.0724. The lowest BCUT2D eigenvalue weighted by Gasteiger charge is -2.36. The number of hydrogen-bond acceptors (Lipinski definition) is 0. The lowest BCUT2D eigenvalue weighted by atomic mass is 9.67. The van der Waals surface area contributed by atoms with Gasteiger partial charge in [0.05, 0.1) is 0 Å². The number of benzene rings is 6. The van der Waals surface area contributed by atoms with E-state index in [2.05, 4.69) is 208 Å². The van der Waals surface area contributed by atoms with E-state index in [1.165, 1.54) is 68.9 Å². The average Bonchev–Trinajstić information content (AvgIpc) is 3.82. The van der Waals surface area contributed by atoms with E-state index < -0.39 is 0 Å². The van der Waals surface area contributed by atoms with Crippen LogP contribution in [0.5, 0.6) is 0 Å². The summed E-state index contributed by atoms with van der Waals surface area (Å²) < 4.78 is 0. The zero-order valence-electron chi connectivity index (χ0n) is 26.8. The zero-order chi connectivity index (χ0) is 32.1. The molecule has 2 atom stereocenters. The van der Waals surface area contributed by atoms with E-state index in [1.807, 2.05) is 0 Å². The fourth-order valence-electron chi connectivity index (χ4n) is 7.32. The van der Waals surface area contributed by atoms with Gasteiger partial charge in [0.2, 0.25) is 0 Å². The highest BCUT2D eigenvalue weighted by molar-refractivity contribution is 5.71. The van der Waals surface area contributed by atoms with E-state index in [0.717, 1.165) is 0 Å². The van der Waals surface area contributed by atoms with Gasteiger partial charge in [-0.25, -0.2) is 0 Å². The van der Waals surface area contributed by atoms with Crippen molar-refractivity contribution in [2.45, 2.75) is 11.8 Å². The summed E-state index contributed by atoms with van der Waals surface area (Å²) in [6.07, 6.45) is 9.80. The normalized spacial score (nSPS) is 18.2. The van der Waals surface area contributed by atoms with Gasteiger partial charge >= 0.3 is 0 Å². The SMILES string of the molecule is [CH]1[C](c2ccccc2)[C](c2ccccc2)[CH][C]1C(c1ccccc1)C([C]1[CH][C](c2ccccc2)[C](c2ccccc2)[CH]1)c1ccccc1. The predicted octanol–water partition coefficient (Wildman–Crippen LogP) is 11.0. The van der Waals surface area contributed by atoms with Crippen LogP contribution in [0.15, 0.2) is 182 Å². The van der Waals surface area contributed by atoms with Gasteiger partial charge in [0.15, 0.2) is 0 Å². The van der Waals surface area contributed by atoms with E-state index >= 15 is 0 Å². The molecule has 0 aromatic heterocycles. The molecule has 2 aliphatic rings. The van der Waals surface area contributed by atoms with Crippen molar-refractivity contribution < 1.29 is 0 Å². The third-order valence-corrected chi connectivity index (χ3v) is 9.53. The lowest BCUT2D eigenvalue weighted by molar-refractivity contribution is 0.601. The molecule has 2 unspecified atom stereocenters. The predicted molar refractivity (Wildman–Crippen MR) is 197 cm³/mol. The molecule has 2 fully saturated rings. The van der Waals surface area contributed by atoms with Crippen molar-refractivity contribution in [2.24, 2.45) is 0 Å². The quantitative estimate of drug-likeness (QED) is 0.152. The highest BCUT2D eigenvalue weighted by Crippen LogP contribution is 2.60. The topological polar surface area (TPSA) is 0 Å². The second kappa shape index (κ2) is 14.2. The minimum atomic E-state index is 0.0724. The highest BCUT2D eigenvalue weighted by Gasteiger charge is 2.49. The maximum Gasteiger partial charge on any atom is 0.0208 e. The van der Waals surface area contributed by atoms with Crippen LogP contribution in [0.2, 0.25) is 0 Å². The maximum atomic E-state index is 2.45. The lowest BCUT2D eigenvalue weighted by Crippen LogP contribution is -2.24. The molecule has 0 heterocycles. The van der Waals surface area contributed by atoms with Crippen LogP contribution < -0.4 is 0 Å². The molecule has 228 valence electrons. The molecular formula is C48H36. The summed E-state index contributed by atoms with van der Waals surface area (Å²) in [7, 11) is 0. The Morgan fingerprint density at radius 2 is 0.438 bits per heavy atom. The van der Waals surface area contributed by atoms with E-state index in [9.17, 15) is 0 Å². The first-order valence-electron chi connectivity index (χ1n) is 16.8. The van der Waals surface area contributed by atoms with E-state index in [0.29, 0.717) is 0 Å². The largest absolute Gasteiger partial charge is 0.0622 e. The molecule has 0 bridgehead atoms. The number of hydrogen-bond donors (Lipinski definition) is 0. The van der Waals surface area contributed by atoms with Crippen LogP contribution in [-0.4, -0.2) is 0 Å². The molecule has 6 aromatic rings. The van der Waals surface area contributed by atoms with Crippen LogP contribution in [0.25, 0.3) is 0 Å². The Morgan fingerprint density at radius 1 is 0.229 bits per heavy atom. The van der Waals surface area contributed by atoms with Gasteiger partial charge < -0.3 is 0 Å². The molecule has 0 nitrogen and oxygen atoms in total. The fourth-order valence-corrected chi connectivity index (χ4v) is 7.32.